The van der Waals surface area contributed by atoms with E-state index in [0.29, 0.717) is 18.7 Å². The highest BCUT2D eigenvalue weighted by Gasteiger charge is 2.30. The van der Waals surface area contributed by atoms with E-state index in [0.717, 1.165) is 29.7 Å². The SMILES string of the molecule is CCOc1ccc(C2CCCN2C(=O)COC(=O)c2ccc3cnnn3c2)cc1. The van der Waals surface area contributed by atoms with Gasteiger partial charge in [-0.15, -0.1) is 5.10 Å². The Morgan fingerprint density at radius 1 is 1.17 bits per heavy atom. The molecule has 1 amide bonds. The standard InChI is InChI=1S/C21H22N4O4/c1-2-28-18-9-6-15(7-10-18)19-4-3-11-24(19)20(26)14-29-21(27)16-5-8-17-12-22-23-25(17)13-16/h5-10,12-13,19H,2-4,11,14H2,1H3. The number of carbonyl (C=O) groups excluding carboxylic acids is 2. The van der Waals surface area contributed by atoms with E-state index in [1.807, 2.05) is 31.2 Å². The smallest absolute Gasteiger partial charge is 0.340 e. The first-order chi connectivity index (χ1) is 14.2. The van der Waals surface area contributed by atoms with Crippen molar-refractivity contribution >= 4 is 17.4 Å². The van der Waals surface area contributed by atoms with Gasteiger partial charge in [0.15, 0.2) is 6.61 Å². The number of hydrogen-bond acceptors (Lipinski definition) is 6. The zero-order valence-electron chi connectivity index (χ0n) is 16.2. The van der Waals surface area contributed by atoms with Crippen molar-refractivity contribution in [1.82, 2.24) is 19.7 Å². The van der Waals surface area contributed by atoms with E-state index in [1.165, 1.54) is 10.7 Å². The molecule has 0 radical (unpaired) electrons. The van der Waals surface area contributed by atoms with Crippen molar-refractivity contribution in [2.24, 2.45) is 0 Å². The van der Waals surface area contributed by atoms with E-state index in [4.69, 9.17) is 9.47 Å². The zero-order chi connectivity index (χ0) is 20.2. The summed E-state index contributed by atoms with van der Waals surface area (Å²) in [6.45, 7) is 2.92. The normalized spacial score (nSPS) is 16.2. The first kappa shape index (κ1) is 18.9. The molecular weight excluding hydrogens is 372 g/mol. The molecule has 1 unspecified atom stereocenters. The Hall–Kier alpha value is -3.42. The van der Waals surface area contributed by atoms with Crippen LogP contribution in [0.5, 0.6) is 5.75 Å². The molecule has 4 rings (SSSR count). The van der Waals surface area contributed by atoms with Crippen LogP contribution in [0.15, 0.2) is 48.8 Å². The number of aromatic nitrogens is 3. The molecule has 29 heavy (non-hydrogen) atoms. The first-order valence-corrected chi connectivity index (χ1v) is 9.65. The molecule has 0 saturated carbocycles. The Morgan fingerprint density at radius 2 is 2.00 bits per heavy atom. The number of amides is 1. The van der Waals surface area contributed by atoms with Crippen LogP contribution in [0.2, 0.25) is 0 Å². The van der Waals surface area contributed by atoms with Gasteiger partial charge in [-0.3, -0.25) is 4.79 Å². The molecule has 8 nitrogen and oxygen atoms in total. The van der Waals surface area contributed by atoms with Gasteiger partial charge in [-0.05, 0) is 49.6 Å². The van der Waals surface area contributed by atoms with Crippen LogP contribution in [0, 0.1) is 0 Å². The van der Waals surface area contributed by atoms with Crippen LogP contribution in [0.1, 0.15) is 41.7 Å². The lowest BCUT2D eigenvalue weighted by molar-refractivity contribution is -0.135. The van der Waals surface area contributed by atoms with Gasteiger partial charge in [0.05, 0.1) is 29.9 Å². The highest BCUT2D eigenvalue weighted by atomic mass is 16.5. The number of hydrogen-bond donors (Lipinski definition) is 0. The summed E-state index contributed by atoms with van der Waals surface area (Å²) in [5, 5.41) is 7.63. The maximum atomic E-state index is 12.7. The van der Waals surface area contributed by atoms with Crippen LogP contribution in [-0.4, -0.2) is 51.4 Å². The lowest BCUT2D eigenvalue weighted by atomic mass is 10.0. The van der Waals surface area contributed by atoms with Crippen LogP contribution in [0.4, 0.5) is 0 Å². The number of ether oxygens (including phenoxy) is 2. The molecule has 0 N–H and O–H groups in total. The number of nitrogens with zero attached hydrogens (tertiary/aromatic N) is 4. The average molecular weight is 394 g/mol. The highest BCUT2D eigenvalue weighted by Crippen LogP contribution is 2.32. The quantitative estimate of drug-likeness (QED) is 0.598. The van der Waals surface area contributed by atoms with E-state index in [-0.39, 0.29) is 18.6 Å². The van der Waals surface area contributed by atoms with Crippen molar-refractivity contribution < 1.29 is 19.1 Å². The Labute approximate surface area is 168 Å². The largest absolute Gasteiger partial charge is 0.494 e. The third kappa shape index (κ3) is 4.06. The van der Waals surface area contributed by atoms with Gasteiger partial charge in [-0.1, -0.05) is 17.3 Å². The van der Waals surface area contributed by atoms with E-state index in [1.54, 1.807) is 23.2 Å². The minimum atomic E-state index is -0.562. The number of carbonyl (C=O) groups is 2. The Bertz CT molecular complexity index is 1010. The average Bonchev–Trinajstić information content (AvgIpc) is 3.41. The fourth-order valence-corrected chi connectivity index (χ4v) is 3.60. The number of pyridine rings is 1. The first-order valence-electron chi connectivity index (χ1n) is 9.65. The minimum absolute atomic E-state index is 0.0108. The molecule has 1 atom stereocenters. The van der Waals surface area contributed by atoms with Gasteiger partial charge < -0.3 is 14.4 Å². The van der Waals surface area contributed by atoms with Gasteiger partial charge in [-0.25, -0.2) is 9.31 Å². The van der Waals surface area contributed by atoms with E-state index < -0.39 is 5.97 Å². The van der Waals surface area contributed by atoms with Gasteiger partial charge >= 0.3 is 5.97 Å². The molecule has 3 aromatic rings. The number of likely N-dealkylation sites (tertiary alicyclic amines) is 1. The van der Waals surface area contributed by atoms with Crippen LogP contribution >= 0.6 is 0 Å². The summed E-state index contributed by atoms with van der Waals surface area (Å²) in [4.78, 5) is 26.8. The van der Waals surface area contributed by atoms with Crippen molar-refractivity contribution in [2.45, 2.75) is 25.8 Å². The molecule has 1 aliphatic rings. The monoisotopic (exact) mass is 394 g/mol. The number of fused-ring (bicyclic) bond motifs is 1. The molecule has 1 aromatic carbocycles. The topological polar surface area (TPSA) is 86.0 Å². The summed E-state index contributed by atoms with van der Waals surface area (Å²) in [5.74, 6) is 0.0505. The molecule has 2 aromatic heterocycles. The van der Waals surface area contributed by atoms with Crippen LogP contribution in [0.25, 0.3) is 5.52 Å². The predicted molar refractivity (Wildman–Crippen MR) is 105 cm³/mol. The van der Waals surface area contributed by atoms with Gasteiger partial charge in [0, 0.05) is 12.7 Å². The molecule has 1 aliphatic heterocycles. The van der Waals surface area contributed by atoms with Gasteiger partial charge in [0.1, 0.15) is 5.75 Å². The third-order valence-corrected chi connectivity index (χ3v) is 5.01. The second-order valence-electron chi connectivity index (χ2n) is 6.84. The molecule has 0 spiro atoms. The molecule has 0 aliphatic carbocycles. The number of rotatable bonds is 6. The molecule has 8 heteroatoms. The van der Waals surface area contributed by atoms with Crippen LogP contribution in [0.3, 0.4) is 0 Å². The summed E-state index contributed by atoms with van der Waals surface area (Å²) in [6.07, 6.45) is 4.93. The minimum Gasteiger partial charge on any atom is -0.494 e. The van der Waals surface area contributed by atoms with Gasteiger partial charge in [0.2, 0.25) is 0 Å². The third-order valence-electron chi connectivity index (χ3n) is 5.01. The van der Waals surface area contributed by atoms with Crippen molar-refractivity contribution in [3.05, 3.63) is 59.9 Å². The Kier molecular flexibility index (Phi) is 5.41. The van der Waals surface area contributed by atoms with Crippen molar-refractivity contribution in [3.63, 3.8) is 0 Å². The summed E-state index contributed by atoms with van der Waals surface area (Å²) in [5.41, 5.74) is 2.15. The maximum absolute atomic E-state index is 12.7. The van der Waals surface area contributed by atoms with Crippen molar-refractivity contribution in [2.75, 3.05) is 19.8 Å². The van der Waals surface area contributed by atoms with Crippen LogP contribution in [-0.2, 0) is 9.53 Å². The fourth-order valence-electron chi connectivity index (χ4n) is 3.60. The molecule has 150 valence electrons. The molecule has 0 bridgehead atoms. The van der Waals surface area contributed by atoms with Crippen molar-refractivity contribution in [3.8, 4) is 5.75 Å². The molecular formula is C21H22N4O4. The Balaban J connectivity index is 1.38. The zero-order valence-corrected chi connectivity index (χ0v) is 16.2. The van der Waals surface area contributed by atoms with Crippen molar-refractivity contribution in [1.29, 1.82) is 0 Å². The summed E-state index contributed by atoms with van der Waals surface area (Å²) < 4.78 is 12.2. The fraction of sp³-hybridized carbons (Fsp3) is 0.333. The molecule has 1 saturated heterocycles. The summed E-state index contributed by atoms with van der Waals surface area (Å²) in [7, 11) is 0. The maximum Gasteiger partial charge on any atom is 0.340 e. The van der Waals surface area contributed by atoms with Gasteiger partial charge in [0.25, 0.3) is 5.91 Å². The second kappa shape index (κ2) is 8.30. The van der Waals surface area contributed by atoms with E-state index in [2.05, 4.69) is 10.3 Å². The van der Waals surface area contributed by atoms with Gasteiger partial charge in [-0.2, -0.15) is 0 Å². The lowest BCUT2D eigenvalue weighted by Crippen LogP contribution is -2.34. The Morgan fingerprint density at radius 3 is 2.79 bits per heavy atom. The molecule has 3 heterocycles. The van der Waals surface area contributed by atoms with Crippen LogP contribution < -0.4 is 4.74 Å². The number of esters is 1. The summed E-state index contributed by atoms with van der Waals surface area (Å²) in [6, 6.07) is 11.1. The lowest BCUT2D eigenvalue weighted by Gasteiger charge is -2.25. The summed E-state index contributed by atoms with van der Waals surface area (Å²) >= 11 is 0. The van der Waals surface area contributed by atoms with E-state index in [9.17, 15) is 9.59 Å². The number of benzene rings is 1. The van der Waals surface area contributed by atoms with E-state index >= 15 is 0 Å². The predicted octanol–water partition coefficient (Wildman–Crippen LogP) is 2.65. The molecule has 1 fully saturated rings. The highest BCUT2D eigenvalue weighted by molar-refractivity contribution is 5.91. The second-order valence-corrected chi connectivity index (χ2v) is 6.84.